The van der Waals surface area contributed by atoms with Crippen molar-refractivity contribution in [3.05, 3.63) is 68.5 Å². The molecule has 4 aromatic rings. The summed E-state index contributed by atoms with van der Waals surface area (Å²) in [5.74, 6) is 0.806. The first-order valence-corrected chi connectivity index (χ1v) is 8.37. The summed E-state index contributed by atoms with van der Waals surface area (Å²) in [6.07, 6.45) is 5.24. The van der Waals surface area contributed by atoms with Crippen molar-refractivity contribution in [3.63, 3.8) is 0 Å². The highest BCUT2D eigenvalue weighted by atomic mass is 35.5. The average Bonchev–Trinajstić information content (AvgIpc) is 3.18. The summed E-state index contributed by atoms with van der Waals surface area (Å²) >= 11 is 5.92. The Morgan fingerprint density at radius 1 is 1.23 bits per heavy atom. The number of oxazole rings is 1. The topological polar surface area (TPSA) is 74.4 Å². The summed E-state index contributed by atoms with van der Waals surface area (Å²) in [7, 11) is 1.59. The SMILES string of the molecule is CC=CCn1c(=O)c2c(nc3oc(-c4ccc(Cl)cc4)cn32)n(C)c1=O. The molecule has 0 bridgehead atoms. The molecule has 0 aliphatic carbocycles. The van der Waals surface area contributed by atoms with E-state index in [0.717, 1.165) is 5.56 Å². The summed E-state index contributed by atoms with van der Waals surface area (Å²) in [6.45, 7) is 2.03. The molecule has 0 N–H and O–H groups in total. The maximum absolute atomic E-state index is 12.9. The Morgan fingerprint density at radius 3 is 2.65 bits per heavy atom. The van der Waals surface area contributed by atoms with Crippen molar-refractivity contribution in [3.8, 4) is 11.3 Å². The molecule has 0 radical (unpaired) electrons. The molecule has 0 unspecified atom stereocenters. The fraction of sp³-hybridized carbons (Fsp3) is 0.167. The second-order valence-corrected chi connectivity index (χ2v) is 6.30. The first-order valence-electron chi connectivity index (χ1n) is 7.99. The lowest BCUT2D eigenvalue weighted by atomic mass is 10.2. The Hall–Kier alpha value is -3.06. The first-order chi connectivity index (χ1) is 12.5. The lowest BCUT2D eigenvalue weighted by molar-refractivity contribution is 0.610. The summed E-state index contributed by atoms with van der Waals surface area (Å²) in [5.41, 5.74) is 0.581. The highest BCUT2D eigenvalue weighted by Crippen LogP contribution is 2.25. The van der Waals surface area contributed by atoms with E-state index >= 15 is 0 Å². The molecule has 3 heterocycles. The third-order valence-electron chi connectivity index (χ3n) is 4.24. The number of hydrogen-bond acceptors (Lipinski definition) is 4. The van der Waals surface area contributed by atoms with Crippen LogP contribution in [0.25, 0.3) is 28.3 Å². The second-order valence-electron chi connectivity index (χ2n) is 5.87. The molecule has 26 heavy (non-hydrogen) atoms. The fourth-order valence-corrected chi connectivity index (χ4v) is 3.00. The third kappa shape index (κ3) is 2.40. The van der Waals surface area contributed by atoms with Gasteiger partial charge < -0.3 is 4.42 Å². The van der Waals surface area contributed by atoms with Gasteiger partial charge in [0, 0.05) is 24.2 Å². The van der Waals surface area contributed by atoms with E-state index in [0.29, 0.717) is 16.3 Å². The van der Waals surface area contributed by atoms with E-state index in [4.69, 9.17) is 16.0 Å². The van der Waals surface area contributed by atoms with Gasteiger partial charge >= 0.3 is 11.5 Å². The van der Waals surface area contributed by atoms with Crippen molar-refractivity contribution in [1.82, 2.24) is 18.5 Å². The standard InChI is InChI=1S/C18H15ClN4O3/c1-3-4-9-22-16(24)14-15(21(2)18(22)25)20-17-23(14)10-13(26-17)11-5-7-12(19)8-6-11/h3-8,10H,9H2,1-2H3. The van der Waals surface area contributed by atoms with Crippen LogP contribution < -0.4 is 11.2 Å². The summed E-state index contributed by atoms with van der Waals surface area (Å²) in [5, 5.41) is 0.623. The largest absolute Gasteiger partial charge is 0.423 e. The van der Waals surface area contributed by atoms with Gasteiger partial charge in [-0.15, -0.1) is 0 Å². The van der Waals surface area contributed by atoms with E-state index in [1.807, 2.05) is 19.1 Å². The third-order valence-corrected chi connectivity index (χ3v) is 4.50. The van der Waals surface area contributed by atoms with Crippen LogP contribution in [0.5, 0.6) is 0 Å². The smallest absolute Gasteiger partial charge is 0.332 e. The predicted octanol–water partition coefficient (Wildman–Crippen LogP) is 2.84. The lowest BCUT2D eigenvalue weighted by Crippen LogP contribution is -2.39. The van der Waals surface area contributed by atoms with Crippen molar-refractivity contribution >= 4 is 28.6 Å². The first kappa shape index (κ1) is 16.4. The number of rotatable bonds is 3. The Morgan fingerprint density at radius 2 is 1.96 bits per heavy atom. The van der Waals surface area contributed by atoms with Gasteiger partial charge in [-0.05, 0) is 31.2 Å². The molecule has 0 aliphatic heterocycles. The van der Waals surface area contributed by atoms with Gasteiger partial charge in [-0.2, -0.15) is 4.98 Å². The molecule has 1 aromatic carbocycles. The van der Waals surface area contributed by atoms with E-state index in [9.17, 15) is 9.59 Å². The van der Waals surface area contributed by atoms with Gasteiger partial charge in [0.2, 0.25) is 0 Å². The average molecular weight is 371 g/mol. The van der Waals surface area contributed by atoms with Crippen LogP contribution in [-0.2, 0) is 13.6 Å². The quantitative estimate of drug-likeness (QED) is 0.520. The summed E-state index contributed by atoms with van der Waals surface area (Å²) in [6, 6.07) is 7.16. The number of aromatic nitrogens is 4. The van der Waals surface area contributed by atoms with Gasteiger partial charge in [-0.3, -0.25) is 18.3 Å². The maximum Gasteiger partial charge on any atom is 0.332 e. The Balaban J connectivity index is 2.00. The van der Waals surface area contributed by atoms with Gasteiger partial charge in [0.05, 0.1) is 6.20 Å². The van der Waals surface area contributed by atoms with E-state index in [2.05, 4.69) is 4.98 Å². The number of benzene rings is 1. The minimum absolute atomic E-state index is 0.201. The lowest BCUT2D eigenvalue weighted by Gasteiger charge is -2.05. The molecule has 3 aromatic heterocycles. The Bertz CT molecular complexity index is 1270. The molecular weight excluding hydrogens is 356 g/mol. The number of fused-ring (bicyclic) bond motifs is 3. The molecule has 132 valence electrons. The van der Waals surface area contributed by atoms with Crippen molar-refractivity contribution < 1.29 is 4.42 Å². The van der Waals surface area contributed by atoms with Crippen LogP contribution in [0.3, 0.4) is 0 Å². The maximum atomic E-state index is 12.9. The summed E-state index contributed by atoms with van der Waals surface area (Å²) in [4.78, 5) is 29.6. The number of nitrogens with zero attached hydrogens (tertiary/aromatic N) is 4. The van der Waals surface area contributed by atoms with Crippen LogP contribution in [0.15, 0.2) is 56.6 Å². The molecule has 0 saturated heterocycles. The number of hydrogen-bond donors (Lipinski definition) is 0. The van der Waals surface area contributed by atoms with Crippen molar-refractivity contribution in [2.75, 3.05) is 0 Å². The summed E-state index contributed by atoms with van der Waals surface area (Å²) < 4.78 is 9.88. The molecule has 4 rings (SSSR count). The number of aryl methyl sites for hydroxylation is 1. The van der Waals surface area contributed by atoms with Gasteiger partial charge in [-0.1, -0.05) is 23.8 Å². The molecule has 0 atom stereocenters. The van der Waals surface area contributed by atoms with Crippen LogP contribution in [0, 0.1) is 0 Å². The van der Waals surface area contributed by atoms with E-state index in [1.165, 1.54) is 9.13 Å². The van der Waals surface area contributed by atoms with E-state index < -0.39 is 11.2 Å². The zero-order chi connectivity index (χ0) is 18.4. The number of allylic oxidation sites excluding steroid dienone is 2. The van der Waals surface area contributed by atoms with Crippen LogP contribution in [0.1, 0.15) is 6.92 Å². The normalized spacial score (nSPS) is 12.0. The molecule has 0 spiro atoms. The zero-order valence-corrected chi connectivity index (χ0v) is 14.9. The zero-order valence-electron chi connectivity index (χ0n) is 14.1. The van der Waals surface area contributed by atoms with Crippen LogP contribution in [0.2, 0.25) is 5.02 Å². The minimum Gasteiger partial charge on any atom is -0.423 e. The predicted molar refractivity (Wildman–Crippen MR) is 99.7 cm³/mol. The monoisotopic (exact) mass is 370 g/mol. The molecule has 0 saturated carbocycles. The van der Waals surface area contributed by atoms with Crippen LogP contribution >= 0.6 is 11.6 Å². The van der Waals surface area contributed by atoms with Gasteiger partial charge in [0.1, 0.15) is 0 Å². The molecule has 8 heteroatoms. The van der Waals surface area contributed by atoms with Gasteiger partial charge in [0.15, 0.2) is 16.9 Å². The molecular formula is C18H15ClN4O3. The Labute approximate surface area is 152 Å². The van der Waals surface area contributed by atoms with E-state index in [1.54, 1.807) is 41.9 Å². The molecule has 7 nitrogen and oxygen atoms in total. The fourth-order valence-electron chi connectivity index (χ4n) is 2.87. The molecule has 0 aliphatic rings. The Kier molecular flexibility index (Phi) is 3.81. The second kappa shape index (κ2) is 6.03. The van der Waals surface area contributed by atoms with Crippen molar-refractivity contribution in [2.45, 2.75) is 13.5 Å². The molecule has 0 fully saturated rings. The number of halogens is 1. The highest BCUT2D eigenvalue weighted by molar-refractivity contribution is 6.30. The van der Waals surface area contributed by atoms with Crippen molar-refractivity contribution in [1.29, 1.82) is 0 Å². The molecule has 0 amide bonds. The van der Waals surface area contributed by atoms with Crippen LogP contribution in [0.4, 0.5) is 0 Å². The van der Waals surface area contributed by atoms with Crippen molar-refractivity contribution in [2.24, 2.45) is 7.05 Å². The minimum atomic E-state index is -0.417. The highest BCUT2D eigenvalue weighted by Gasteiger charge is 2.19. The van der Waals surface area contributed by atoms with Gasteiger partial charge in [0.25, 0.3) is 5.56 Å². The van der Waals surface area contributed by atoms with E-state index in [-0.39, 0.29) is 18.0 Å². The van der Waals surface area contributed by atoms with Crippen LogP contribution in [-0.4, -0.2) is 18.5 Å². The number of imidazole rings is 1. The van der Waals surface area contributed by atoms with Gasteiger partial charge in [-0.25, -0.2) is 4.79 Å².